The largest absolute Gasteiger partial charge is 0.491 e. The molecule has 1 saturated heterocycles. The first-order chi connectivity index (χ1) is 21.3. The summed E-state index contributed by atoms with van der Waals surface area (Å²) >= 11 is 0. The summed E-state index contributed by atoms with van der Waals surface area (Å²) in [6.45, 7) is 7.27. The van der Waals surface area contributed by atoms with E-state index in [0.717, 1.165) is 31.6 Å². The van der Waals surface area contributed by atoms with Gasteiger partial charge in [-0.05, 0) is 68.9 Å². The molecule has 2 aromatic rings. The van der Waals surface area contributed by atoms with E-state index in [1.165, 1.54) is 25.7 Å². The monoisotopic (exact) mass is 605 g/mol. The fourth-order valence-electron chi connectivity index (χ4n) is 5.71. The SMILES string of the molecule is CC(C)[C@@H]1NC(=O)C[C@@H](C(=O)NCCCN2CCCCCC2)NC(=O)c2ccccc2OC[C@@H](Cc2ccccc2)NC1=O. The summed E-state index contributed by atoms with van der Waals surface area (Å²) in [7, 11) is 0. The molecule has 3 atom stereocenters. The van der Waals surface area contributed by atoms with Gasteiger partial charge in [0.25, 0.3) is 5.91 Å². The zero-order chi connectivity index (χ0) is 31.3. The quantitative estimate of drug-likeness (QED) is 0.343. The van der Waals surface area contributed by atoms with Crippen LogP contribution in [0.15, 0.2) is 54.6 Å². The van der Waals surface area contributed by atoms with Gasteiger partial charge in [-0.15, -0.1) is 0 Å². The van der Waals surface area contributed by atoms with Crippen LogP contribution in [0.2, 0.25) is 0 Å². The molecule has 4 amide bonds. The molecule has 4 N–H and O–H groups in total. The topological polar surface area (TPSA) is 129 Å². The number of hydrogen-bond donors (Lipinski definition) is 4. The summed E-state index contributed by atoms with van der Waals surface area (Å²) < 4.78 is 6.13. The molecule has 0 aliphatic carbocycles. The van der Waals surface area contributed by atoms with Crippen molar-refractivity contribution in [3.63, 3.8) is 0 Å². The van der Waals surface area contributed by atoms with Crippen LogP contribution in [0.5, 0.6) is 5.75 Å². The Morgan fingerprint density at radius 1 is 0.932 bits per heavy atom. The van der Waals surface area contributed by atoms with E-state index in [9.17, 15) is 19.2 Å². The first kappa shape index (κ1) is 33.0. The maximum atomic E-state index is 13.5. The Morgan fingerprint density at radius 3 is 2.36 bits per heavy atom. The van der Waals surface area contributed by atoms with Gasteiger partial charge in [-0.1, -0.05) is 69.2 Å². The van der Waals surface area contributed by atoms with Gasteiger partial charge in [0.15, 0.2) is 0 Å². The molecule has 44 heavy (non-hydrogen) atoms. The van der Waals surface area contributed by atoms with Crippen LogP contribution >= 0.6 is 0 Å². The van der Waals surface area contributed by atoms with Crippen molar-refractivity contribution in [1.82, 2.24) is 26.2 Å². The number of likely N-dealkylation sites (tertiary alicyclic amines) is 1. The third-order valence-corrected chi connectivity index (χ3v) is 8.17. The third kappa shape index (κ3) is 10.1. The van der Waals surface area contributed by atoms with Gasteiger partial charge in [0.1, 0.15) is 24.4 Å². The van der Waals surface area contributed by atoms with Crippen molar-refractivity contribution in [3.8, 4) is 5.75 Å². The number of nitrogens with one attached hydrogen (secondary N) is 4. The zero-order valence-corrected chi connectivity index (χ0v) is 26.0. The number of nitrogens with zero attached hydrogens (tertiary/aromatic N) is 1. The van der Waals surface area contributed by atoms with Gasteiger partial charge in [-0.25, -0.2) is 0 Å². The Labute approximate surface area is 260 Å². The van der Waals surface area contributed by atoms with Crippen LogP contribution in [-0.2, 0) is 20.8 Å². The molecule has 2 heterocycles. The number of para-hydroxylation sites is 1. The fourth-order valence-corrected chi connectivity index (χ4v) is 5.71. The number of benzene rings is 2. The average molecular weight is 606 g/mol. The van der Waals surface area contributed by atoms with Crippen molar-refractivity contribution in [2.24, 2.45) is 5.92 Å². The van der Waals surface area contributed by atoms with Crippen molar-refractivity contribution in [3.05, 3.63) is 65.7 Å². The van der Waals surface area contributed by atoms with Gasteiger partial charge in [-0.3, -0.25) is 19.2 Å². The number of amides is 4. The van der Waals surface area contributed by atoms with Crippen LogP contribution in [0.1, 0.15) is 68.3 Å². The molecule has 2 aromatic carbocycles. The van der Waals surface area contributed by atoms with Gasteiger partial charge in [-0.2, -0.15) is 0 Å². The Kier molecular flexibility index (Phi) is 12.6. The molecule has 0 aromatic heterocycles. The van der Waals surface area contributed by atoms with Crippen LogP contribution in [0.25, 0.3) is 0 Å². The zero-order valence-electron chi connectivity index (χ0n) is 26.0. The molecule has 10 heteroatoms. The van der Waals surface area contributed by atoms with Crippen LogP contribution in [0.3, 0.4) is 0 Å². The Hall–Kier alpha value is -3.92. The minimum Gasteiger partial charge on any atom is -0.491 e. The molecule has 0 bridgehead atoms. The van der Waals surface area contributed by atoms with Gasteiger partial charge >= 0.3 is 0 Å². The Balaban J connectivity index is 1.50. The lowest BCUT2D eigenvalue weighted by atomic mass is 10.0. The first-order valence-electron chi connectivity index (χ1n) is 16.0. The fraction of sp³-hybridized carbons (Fsp3) is 0.529. The first-order valence-corrected chi connectivity index (χ1v) is 16.0. The number of carbonyl (C=O) groups is 4. The molecular weight excluding hydrogens is 558 g/mol. The predicted molar refractivity (Wildman–Crippen MR) is 169 cm³/mol. The summed E-state index contributed by atoms with van der Waals surface area (Å²) in [4.78, 5) is 56.0. The van der Waals surface area contributed by atoms with Crippen LogP contribution in [0, 0.1) is 5.92 Å². The van der Waals surface area contributed by atoms with E-state index >= 15 is 0 Å². The average Bonchev–Trinajstić information content (AvgIpc) is 3.29. The second-order valence-corrected chi connectivity index (χ2v) is 12.1. The molecule has 2 aliphatic rings. The van der Waals surface area contributed by atoms with Crippen LogP contribution in [0.4, 0.5) is 0 Å². The van der Waals surface area contributed by atoms with E-state index in [-0.39, 0.29) is 30.4 Å². The van der Waals surface area contributed by atoms with E-state index in [4.69, 9.17) is 4.74 Å². The highest BCUT2D eigenvalue weighted by Crippen LogP contribution is 2.20. The summed E-state index contributed by atoms with van der Waals surface area (Å²) in [5.41, 5.74) is 1.26. The normalized spacial score (nSPS) is 22.3. The van der Waals surface area contributed by atoms with Crippen molar-refractivity contribution < 1.29 is 23.9 Å². The molecule has 1 fully saturated rings. The summed E-state index contributed by atoms with van der Waals surface area (Å²) in [5, 5.41) is 11.5. The minimum atomic E-state index is -1.13. The van der Waals surface area contributed by atoms with Gasteiger partial charge in [0, 0.05) is 6.54 Å². The van der Waals surface area contributed by atoms with E-state index in [0.29, 0.717) is 18.7 Å². The number of hydrogen-bond acceptors (Lipinski definition) is 6. The maximum absolute atomic E-state index is 13.5. The molecule has 238 valence electrons. The van der Waals surface area contributed by atoms with Crippen molar-refractivity contribution >= 4 is 23.6 Å². The van der Waals surface area contributed by atoms with Gasteiger partial charge in [0.05, 0.1) is 18.0 Å². The van der Waals surface area contributed by atoms with Crippen molar-refractivity contribution in [2.45, 2.75) is 76.9 Å². The van der Waals surface area contributed by atoms with E-state index in [1.807, 2.05) is 44.2 Å². The molecule has 0 unspecified atom stereocenters. The Bertz CT molecular complexity index is 1250. The summed E-state index contributed by atoms with van der Waals surface area (Å²) in [5.74, 6) is -1.67. The molecule has 4 rings (SSSR count). The molecule has 0 spiro atoms. The Morgan fingerprint density at radius 2 is 1.64 bits per heavy atom. The lowest BCUT2D eigenvalue weighted by Crippen LogP contribution is -2.55. The highest BCUT2D eigenvalue weighted by Gasteiger charge is 2.31. The maximum Gasteiger partial charge on any atom is 0.255 e. The molecule has 0 radical (unpaired) electrons. The second-order valence-electron chi connectivity index (χ2n) is 12.1. The number of fused-ring (bicyclic) bond motifs is 1. The minimum absolute atomic E-state index is 0.102. The second kappa shape index (κ2) is 16.8. The predicted octanol–water partition coefficient (Wildman–Crippen LogP) is 2.82. The van der Waals surface area contributed by atoms with E-state index in [2.05, 4.69) is 26.2 Å². The lowest BCUT2D eigenvalue weighted by Gasteiger charge is -2.27. The summed E-state index contributed by atoms with van der Waals surface area (Å²) in [6, 6.07) is 14.1. The van der Waals surface area contributed by atoms with Crippen LogP contribution < -0.4 is 26.0 Å². The standard InChI is InChI=1S/C34H47N5O5/c1-24(2)31-34(43)36-26(21-25-13-6-5-7-14-25)23-44-29-16-9-8-15-27(29)32(41)37-28(22-30(40)38-31)33(42)35-17-12-20-39-18-10-3-4-11-19-39/h5-9,13-16,24,26,28,31H,3-4,10-12,17-23H2,1-2H3,(H,35,42)(H,36,43)(H,37,41)(H,38,40)/t26-,28+,31+/m1/s1. The number of rotatable bonds is 8. The number of ether oxygens (including phenoxy) is 1. The molecule has 2 aliphatic heterocycles. The summed E-state index contributed by atoms with van der Waals surface area (Å²) in [6.07, 6.45) is 5.88. The highest BCUT2D eigenvalue weighted by atomic mass is 16.5. The smallest absolute Gasteiger partial charge is 0.255 e. The van der Waals surface area contributed by atoms with Crippen molar-refractivity contribution in [2.75, 3.05) is 32.8 Å². The number of carbonyl (C=O) groups excluding carboxylic acids is 4. The molecule has 0 saturated carbocycles. The van der Waals surface area contributed by atoms with Crippen LogP contribution in [-0.4, -0.2) is 79.4 Å². The highest BCUT2D eigenvalue weighted by molar-refractivity contribution is 6.01. The molecule has 10 nitrogen and oxygen atoms in total. The van der Waals surface area contributed by atoms with Gasteiger partial charge in [0.2, 0.25) is 17.7 Å². The molecular formula is C34H47N5O5. The van der Waals surface area contributed by atoms with Crippen molar-refractivity contribution in [1.29, 1.82) is 0 Å². The van der Waals surface area contributed by atoms with Gasteiger partial charge < -0.3 is 30.9 Å². The third-order valence-electron chi connectivity index (χ3n) is 8.17. The lowest BCUT2D eigenvalue weighted by molar-refractivity contribution is -0.132. The van der Waals surface area contributed by atoms with E-state index < -0.39 is 35.8 Å². The van der Waals surface area contributed by atoms with E-state index in [1.54, 1.807) is 24.3 Å².